The molecule has 0 aliphatic carbocycles. The van der Waals surface area contributed by atoms with Crippen molar-refractivity contribution in [1.82, 2.24) is 0 Å². The van der Waals surface area contributed by atoms with E-state index in [4.69, 9.17) is 4.74 Å². The number of hydrogen-bond acceptors (Lipinski definition) is 3. The Morgan fingerprint density at radius 3 is 2.52 bits per heavy atom. The van der Waals surface area contributed by atoms with Gasteiger partial charge in [-0.3, -0.25) is 5.43 Å². The normalized spacial score (nSPS) is 11.3. The van der Waals surface area contributed by atoms with Crippen molar-refractivity contribution in [3.63, 3.8) is 0 Å². The van der Waals surface area contributed by atoms with Crippen molar-refractivity contribution in [3.05, 3.63) is 59.7 Å². The van der Waals surface area contributed by atoms with Crippen LogP contribution < -0.4 is 10.2 Å². The molecule has 3 heteroatoms. The van der Waals surface area contributed by atoms with Crippen LogP contribution in [0.5, 0.6) is 5.75 Å². The molecule has 21 heavy (non-hydrogen) atoms. The first-order chi connectivity index (χ1) is 10.2. The smallest absolute Gasteiger partial charge is 0.121 e. The van der Waals surface area contributed by atoms with Crippen LogP contribution in [0.15, 0.2) is 53.6 Å². The lowest BCUT2D eigenvalue weighted by molar-refractivity contribution is 0.411. The van der Waals surface area contributed by atoms with E-state index in [1.165, 1.54) is 0 Å². The number of aryl methyl sites for hydroxylation is 1. The number of nitrogens with zero attached hydrogens (tertiary/aromatic N) is 1. The molecule has 0 aliphatic rings. The minimum absolute atomic E-state index is 0.908. The number of hydrogen-bond donors (Lipinski definition) is 1. The van der Waals surface area contributed by atoms with Crippen LogP contribution in [0.2, 0.25) is 0 Å². The van der Waals surface area contributed by atoms with Gasteiger partial charge in [0, 0.05) is 0 Å². The lowest BCUT2D eigenvalue weighted by atomic mass is 10.0. The van der Waals surface area contributed by atoms with Gasteiger partial charge in [-0.2, -0.15) is 5.10 Å². The SMILES string of the molecule is CCCC(=NNc1ccccc1)c1ccc(OC)c(C)c1. The van der Waals surface area contributed by atoms with Crippen molar-refractivity contribution in [1.29, 1.82) is 0 Å². The lowest BCUT2D eigenvalue weighted by Crippen LogP contribution is -2.05. The van der Waals surface area contributed by atoms with E-state index in [9.17, 15) is 0 Å². The molecule has 0 saturated heterocycles. The number of hydrazone groups is 1. The van der Waals surface area contributed by atoms with Crippen LogP contribution in [-0.4, -0.2) is 12.8 Å². The minimum atomic E-state index is 0.908. The van der Waals surface area contributed by atoms with Crippen LogP contribution in [0.25, 0.3) is 0 Å². The molecule has 0 aromatic heterocycles. The van der Waals surface area contributed by atoms with Crippen LogP contribution in [0.3, 0.4) is 0 Å². The molecule has 0 heterocycles. The van der Waals surface area contributed by atoms with Gasteiger partial charge >= 0.3 is 0 Å². The first kappa shape index (κ1) is 15.1. The Bertz CT molecular complexity index is 606. The molecule has 0 spiro atoms. The molecule has 0 atom stereocenters. The fourth-order valence-corrected chi connectivity index (χ4v) is 2.20. The summed E-state index contributed by atoms with van der Waals surface area (Å²) in [5, 5.41) is 4.58. The molecule has 0 unspecified atom stereocenters. The van der Waals surface area contributed by atoms with Gasteiger partial charge in [0.25, 0.3) is 0 Å². The van der Waals surface area contributed by atoms with E-state index < -0.39 is 0 Å². The molecule has 0 amide bonds. The standard InChI is InChI=1S/C18H22N2O/c1-4-8-17(20-19-16-9-6-5-7-10-16)15-11-12-18(21-3)14(2)13-15/h5-7,9-13,19H,4,8H2,1-3H3. The summed E-state index contributed by atoms with van der Waals surface area (Å²) in [7, 11) is 1.69. The van der Waals surface area contributed by atoms with Crippen molar-refractivity contribution < 1.29 is 4.74 Å². The Morgan fingerprint density at radius 1 is 1.14 bits per heavy atom. The summed E-state index contributed by atoms with van der Waals surface area (Å²) in [4.78, 5) is 0. The summed E-state index contributed by atoms with van der Waals surface area (Å²) in [6, 6.07) is 16.2. The summed E-state index contributed by atoms with van der Waals surface area (Å²) >= 11 is 0. The summed E-state index contributed by atoms with van der Waals surface area (Å²) < 4.78 is 5.31. The number of benzene rings is 2. The lowest BCUT2D eigenvalue weighted by Gasteiger charge is -2.10. The highest BCUT2D eigenvalue weighted by molar-refractivity contribution is 6.01. The van der Waals surface area contributed by atoms with Crippen LogP contribution >= 0.6 is 0 Å². The Hall–Kier alpha value is -2.29. The number of anilines is 1. The zero-order valence-corrected chi connectivity index (χ0v) is 12.9. The second kappa shape index (κ2) is 7.48. The van der Waals surface area contributed by atoms with Gasteiger partial charge in [-0.25, -0.2) is 0 Å². The van der Waals surface area contributed by atoms with Crippen molar-refractivity contribution in [2.24, 2.45) is 5.10 Å². The molecule has 2 rings (SSSR count). The third-order valence-corrected chi connectivity index (χ3v) is 3.31. The van der Waals surface area contributed by atoms with Gasteiger partial charge in [-0.15, -0.1) is 0 Å². The molecule has 0 fully saturated rings. The first-order valence-corrected chi connectivity index (χ1v) is 7.27. The summed E-state index contributed by atoms with van der Waals surface area (Å²) in [6.45, 7) is 4.21. The molecule has 0 bridgehead atoms. The number of ether oxygens (including phenoxy) is 1. The number of nitrogens with one attached hydrogen (secondary N) is 1. The van der Waals surface area contributed by atoms with Crippen LogP contribution in [-0.2, 0) is 0 Å². The average molecular weight is 282 g/mol. The topological polar surface area (TPSA) is 33.6 Å². The van der Waals surface area contributed by atoms with E-state index in [2.05, 4.69) is 36.5 Å². The predicted octanol–water partition coefficient (Wildman–Crippen LogP) is 4.62. The number of para-hydroxylation sites is 1. The molecule has 0 saturated carbocycles. The van der Waals surface area contributed by atoms with Crippen molar-refractivity contribution in [2.75, 3.05) is 12.5 Å². The Labute approximate surface area is 126 Å². The van der Waals surface area contributed by atoms with E-state index in [1.807, 2.05) is 36.4 Å². The van der Waals surface area contributed by atoms with Gasteiger partial charge in [0.1, 0.15) is 5.75 Å². The molecule has 2 aromatic rings. The maximum absolute atomic E-state index is 5.31. The number of rotatable bonds is 6. The third-order valence-electron chi connectivity index (χ3n) is 3.31. The zero-order chi connectivity index (χ0) is 15.1. The Kier molecular flexibility index (Phi) is 5.38. The quantitative estimate of drug-likeness (QED) is 0.619. The molecule has 2 aromatic carbocycles. The Morgan fingerprint density at radius 2 is 1.90 bits per heavy atom. The maximum Gasteiger partial charge on any atom is 0.121 e. The molecule has 110 valence electrons. The highest BCUT2D eigenvalue weighted by Crippen LogP contribution is 2.20. The van der Waals surface area contributed by atoms with Gasteiger partial charge in [0.2, 0.25) is 0 Å². The van der Waals surface area contributed by atoms with Crippen LogP contribution in [0.1, 0.15) is 30.9 Å². The highest BCUT2D eigenvalue weighted by atomic mass is 16.5. The fourth-order valence-electron chi connectivity index (χ4n) is 2.20. The minimum Gasteiger partial charge on any atom is -0.496 e. The third kappa shape index (κ3) is 4.09. The highest BCUT2D eigenvalue weighted by Gasteiger charge is 2.06. The Balaban J connectivity index is 2.23. The first-order valence-electron chi connectivity index (χ1n) is 7.27. The van der Waals surface area contributed by atoms with E-state index >= 15 is 0 Å². The van der Waals surface area contributed by atoms with Crippen molar-refractivity contribution >= 4 is 11.4 Å². The molecule has 0 aliphatic heterocycles. The van der Waals surface area contributed by atoms with E-state index in [0.29, 0.717) is 0 Å². The summed E-state index contributed by atoms with van der Waals surface area (Å²) in [6.07, 6.45) is 1.99. The van der Waals surface area contributed by atoms with Crippen LogP contribution in [0, 0.1) is 6.92 Å². The fraction of sp³-hybridized carbons (Fsp3) is 0.278. The average Bonchev–Trinajstić information content (AvgIpc) is 2.52. The molecule has 1 N–H and O–H groups in total. The predicted molar refractivity (Wildman–Crippen MR) is 89.2 cm³/mol. The van der Waals surface area contributed by atoms with Gasteiger partial charge in [0.05, 0.1) is 18.5 Å². The summed E-state index contributed by atoms with van der Waals surface area (Å²) in [5.41, 5.74) is 7.45. The molecular formula is C18H22N2O. The molecular weight excluding hydrogens is 260 g/mol. The summed E-state index contributed by atoms with van der Waals surface area (Å²) in [5.74, 6) is 0.908. The van der Waals surface area contributed by atoms with Gasteiger partial charge in [-0.05, 0) is 54.8 Å². The monoisotopic (exact) mass is 282 g/mol. The van der Waals surface area contributed by atoms with E-state index in [1.54, 1.807) is 7.11 Å². The van der Waals surface area contributed by atoms with Crippen LogP contribution in [0.4, 0.5) is 5.69 Å². The zero-order valence-electron chi connectivity index (χ0n) is 12.9. The van der Waals surface area contributed by atoms with Crippen molar-refractivity contribution in [3.8, 4) is 5.75 Å². The van der Waals surface area contributed by atoms with E-state index in [-0.39, 0.29) is 0 Å². The number of methoxy groups -OCH3 is 1. The van der Waals surface area contributed by atoms with E-state index in [0.717, 1.165) is 41.1 Å². The van der Waals surface area contributed by atoms with Gasteiger partial charge in [0.15, 0.2) is 0 Å². The van der Waals surface area contributed by atoms with Gasteiger partial charge < -0.3 is 4.74 Å². The van der Waals surface area contributed by atoms with Crippen molar-refractivity contribution in [2.45, 2.75) is 26.7 Å². The second-order valence-corrected chi connectivity index (χ2v) is 4.97. The van der Waals surface area contributed by atoms with Gasteiger partial charge in [-0.1, -0.05) is 31.5 Å². The molecule has 0 radical (unpaired) electrons. The maximum atomic E-state index is 5.31. The largest absolute Gasteiger partial charge is 0.496 e. The molecule has 3 nitrogen and oxygen atoms in total. The second-order valence-electron chi connectivity index (χ2n) is 4.97.